The van der Waals surface area contributed by atoms with Gasteiger partial charge in [-0.2, -0.15) is 0 Å². The predicted octanol–water partition coefficient (Wildman–Crippen LogP) is 4.55. The fourth-order valence-electron chi connectivity index (χ4n) is 2.07. The first-order chi connectivity index (χ1) is 9.58. The second-order valence-corrected chi connectivity index (χ2v) is 5.13. The first-order valence-electron chi connectivity index (χ1n) is 5.73. The van der Waals surface area contributed by atoms with Gasteiger partial charge < -0.3 is 0 Å². The number of thiophene rings is 1. The lowest BCUT2D eigenvalue weighted by Gasteiger charge is -2.06. The maximum atomic E-state index is 13.7. The molecular weight excluding hydrogens is 285 g/mol. The van der Waals surface area contributed by atoms with Gasteiger partial charge in [0.05, 0.1) is 5.56 Å². The van der Waals surface area contributed by atoms with Gasteiger partial charge in [-0.25, -0.2) is 13.2 Å². The molecule has 0 aliphatic rings. The highest BCUT2D eigenvalue weighted by atomic mass is 32.1. The average molecular weight is 292 g/mol. The van der Waals surface area contributed by atoms with Gasteiger partial charge in [-0.1, -0.05) is 12.1 Å². The molecule has 0 aliphatic carbocycles. The van der Waals surface area contributed by atoms with Crippen LogP contribution in [0.2, 0.25) is 0 Å². The fourth-order valence-corrected chi connectivity index (χ4v) is 2.98. The van der Waals surface area contributed by atoms with Crippen molar-refractivity contribution in [3.63, 3.8) is 0 Å². The van der Waals surface area contributed by atoms with Gasteiger partial charge in [0.2, 0.25) is 0 Å². The highest BCUT2D eigenvalue weighted by Crippen LogP contribution is 2.28. The number of rotatable bonds is 2. The Morgan fingerprint density at radius 3 is 2.40 bits per heavy atom. The predicted molar refractivity (Wildman–Crippen MR) is 71.6 cm³/mol. The molecule has 2 aromatic carbocycles. The van der Waals surface area contributed by atoms with Crippen LogP contribution >= 0.6 is 11.3 Å². The summed E-state index contributed by atoms with van der Waals surface area (Å²) in [6, 6.07) is 7.77. The van der Waals surface area contributed by atoms with Crippen molar-refractivity contribution < 1.29 is 18.0 Å². The van der Waals surface area contributed by atoms with Crippen LogP contribution in [0.5, 0.6) is 0 Å². The number of carbonyl (C=O) groups is 1. The Hall–Kier alpha value is -2.14. The van der Waals surface area contributed by atoms with Crippen LogP contribution < -0.4 is 0 Å². The molecule has 0 spiro atoms. The topological polar surface area (TPSA) is 17.1 Å². The number of carbonyl (C=O) groups excluding carboxylic acids is 1. The highest BCUT2D eigenvalue weighted by Gasteiger charge is 2.22. The van der Waals surface area contributed by atoms with Crippen LogP contribution in [0.4, 0.5) is 13.2 Å². The zero-order chi connectivity index (χ0) is 14.3. The molecule has 0 bridgehead atoms. The third kappa shape index (κ3) is 2.00. The number of fused-ring (bicyclic) bond motifs is 1. The van der Waals surface area contributed by atoms with E-state index in [9.17, 15) is 18.0 Å². The van der Waals surface area contributed by atoms with E-state index in [2.05, 4.69) is 0 Å². The van der Waals surface area contributed by atoms with E-state index in [1.165, 1.54) is 17.4 Å². The van der Waals surface area contributed by atoms with Gasteiger partial charge in [0.25, 0.3) is 0 Å². The Labute approximate surface area is 116 Å². The number of hydrogen-bond acceptors (Lipinski definition) is 2. The Bertz CT molecular complexity index is 800. The van der Waals surface area contributed by atoms with Crippen LogP contribution in [0.15, 0.2) is 41.8 Å². The fraction of sp³-hybridized carbons (Fsp3) is 0. The first-order valence-corrected chi connectivity index (χ1v) is 6.61. The normalized spacial score (nSPS) is 10.9. The van der Waals surface area contributed by atoms with Crippen LogP contribution in [0.1, 0.15) is 15.9 Å². The lowest BCUT2D eigenvalue weighted by Crippen LogP contribution is -2.08. The Morgan fingerprint density at radius 1 is 1.00 bits per heavy atom. The van der Waals surface area contributed by atoms with Gasteiger partial charge in [0.1, 0.15) is 17.5 Å². The van der Waals surface area contributed by atoms with Gasteiger partial charge in [-0.05, 0) is 22.9 Å². The molecule has 0 unspecified atom stereocenters. The number of benzene rings is 2. The van der Waals surface area contributed by atoms with E-state index in [-0.39, 0.29) is 5.56 Å². The minimum atomic E-state index is -1.19. The van der Waals surface area contributed by atoms with Crippen LogP contribution in [-0.2, 0) is 0 Å². The molecule has 100 valence electrons. The van der Waals surface area contributed by atoms with Crippen molar-refractivity contribution in [3.8, 4) is 0 Å². The molecule has 20 heavy (non-hydrogen) atoms. The SMILES string of the molecule is O=C(c1c(F)cc(F)cc1F)c1cccc2ccsc12. The summed E-state index contributed by atoms with van der Waals surface area (Å²) in [7, 11) is 0. The van der Waals surface area contributed by atoms with Gasteiger partial charge in [0.15, 0.2) is 5.78 Å². The van der Waals surface area contributed by atoms with Gasteiger partial charge in [-0.3, -0.25) is 4.79 Å². The van der Waals surface area contributed by atoms with E-state index >= 15 is 0 Å². The summed E-state index contributed by atoms with van der Waals surface area (Å²) in [6.07, 6.45) is 0. The van der Waals surface area contributed by atoms with E-state index in [1.54, 1.807) is 17.5 Å². The maximum absolute atomic E-state index is 13.7. The molecule has 0 amide bonds. The first kappa shape index (κ1) is 12.9. The van der Waals surface area contributed by atoms with Crippen molar-refractivity contribution in [1.29, 1.82) is 0 Å². The van der Waals surface area contributed by atoms with Crippen LogP contribution in [-0.4, -0.2) is 5.78 Å². The molecule has 0 N–H and O–H groups in total. The summed E-state index contributed by atoms with van der Waals surface area (Å²) in [5.41, 5.74) is -0.519. The van der Waals surface area contributed by atoms with E-state index < -0.39 is 28.8 Å². The molecule has 0 saturated heterocycles. The lowest BCUT2D eigenvalue weighted by molar-refractivity contribution is 0.103. The number of hydrogen-bond donors (Lipinski definition) is 0. The highest BCUT2D eigenvalue weighted by molar-refractivity contribution is 7.17. The van der Waals surface area contributed by atoms with E-state index in [4.69, 9.17) is 0 Å². The molecule has 1 nitrogen and oxygen atoms in total. The van der Waals surface area contributed by atoms with Crippen molar-refractivity contribution >= 4 is 27.2 Å². The summed E-state index contributed by atoms with van der Waals surface area (Å²) in [4.78, 5) is 12.3. The smallest absolute Gasteiger partial charge is 0.200 e. The van der Waals surface area contributed by atoms with E-state index in [1.807, 2.05) is 6.07 Å². The molecule has 5 heteroatoms. The molecule has 1 aromatic heterocycles. The molecule has 0 atom stereocenters. The molecule has 0 fully saturated rings. The van der Waals surface area contributed by atoms with Crippen LogP contribution in [0.3, 0.4) is 0 Å². The van der Waals surface area contributed by atoms with Crippen LogP contribution in [0, 0.1) is 17.5 Å². The average Bonchev–Trinajstić information content (AvgIpc) is 2.85. The summed E-state index contributed by atoms with van der Waals surface area (Å²) < 4.78 is 40.9. The van der Waals surface area contributed by atoms with Crippen molar-refractivity contribution in [2.24, 2.45) is 0 Å². The summed E-state index contributed by atoms with van der Waals surface area (Å²) >= 11 is 1.31. The minimum Gasteiger partial charge on any atom is -0.288 e. The molecule has 3 aromatic rings. The second kappa shape index (κ2) is 4.76. The van der Waals surface area contributed by atoms with Crippen molar-refractivity contribution in [2.45, 2.75) is 0 Å². The summed E-state index contributed by atoms with van der Waals surface area (Å²) in [5, 5.41) is 2.61. The molecular formula is C15H7F3OS. The maximum Gasteiger partial charge on any atom is 0.200 e. The van der Waals surface area contributed by atoms with Crippen molar-refractivity contribution in [1.82, 2.24) is 0 Å². The number of ketones is 1. The monoisotopic (exact) mass is 292 g/mol. The largest absolute Gasteiger partial charge is 0.288 e. The van der Waals surface area contributed by atoms with Crippen molar-refractivity contribution in [3.05, 3.63) is 70.4 Å². The lowest BCUT2D eigenvalue weighted by atomic mass is 10.0. The minimum absolute atomic E-state index is 0.210. The zero-order valence-corrected chi connectivity index (χ0v) is 10.8. The van der Waals surface area contributed by atoms with E-state index in [0.29, 0.717) is 16.8 Å². The van der Waals surface area contributed by atoms with E-state index in [0.717, 1.165) is 5.39 Å². The van der Waals surface area contributed by atoms with Gasteiger partial charge in [-0.15, -0.1) is 11.3 Å². The van der Waals surface area contributed by atoms with Gasteiger partial charge >= 0.3 is 0 Å². The Kier molecular flexibility index (Phi) is 3.06. The molecule has 3 rings (SSSR count). The van der Waals surface area contributed by atoms with Gasteiger partial charge in [0, 0.05) is 22.4 Å². The summed E-state index contributed by atoms with van der Waals surface area (Å²) in [6.45, 7) is 0. The molecule has 0 aliphatic heterocycles. The third-order valence-corrected chi connectivity index (χ3v) is 3.92. The Morgan fingerprint density at radius 2 is 1.70 bits per heavy atom. The molecule has 0 saturated carbocycles. The number of halogens is 3. The van der Waals surface area contributed by atoms with Crippen LogP contribution in [0.25, 0.3) is 10.1 Å². The third-order valence-electron chi connectivity index (χ3n) is 2.96. The summed E-state index contributed by atoms with van der Waals surface area (Å²) in [5.74, 6) is -4.22. The quantitative estimate of drug-likeness (QED) is 0.633. The second-order valence-electron chi connectivity index (χ2n) is 4.22. The molecule has 1 heterocycles. The standard InChI is InChI=1S/C15H7F3OS/c16-9-6-11(17)13(12(18)7-9)14(19)10-3-1-2-8-4-5-20-15(8)10/h1-7H. The Balaban J connectivity index is 2.21. The van der Waals surface area contributed by atoms with Crippen molar-refractivity contribution in [2.75, 3.05) is 0 Å². The zero-order valence-electron chi connectivity index (χ0n) is 9.99. The molecule has 0 radical (unpaired) electrons.